The highest BCUT2D eigenvalue weighted by Gasteiger charge is 2.12. The molecule has 6 heteroatoms. The lowest BCUT2D eigenvalue weighted by atomic mass is 10.1. The van der Waals surface area contributed by atoms with E-state index in [1.54, 1.807) is 0 Å². The fourth-order valence-electron chi connectivity index (χ4n) is 1.93. The van der Waals surface area contributed by atoms with E-state index in [0.717, 1.165) is 18.2 Å². The fourth-order valence-corrected chi connectivity index (χ4v) is 1.93. The minimum absolute atomic E-state index is 0.0613. The summed E-state index contributed by atoms with van der Waals surface area (Å²) < 4.78 is 39.2. The zero-order valence-corrected chi connectivity index (χ0v) is 11.5. The number of rotatable bonds is 5. The predicted molar refractivity (Wildman–Crippen MR) is 74.4 cm³/mol. The summed E-state index contributed by atoms with van der Waals surface area (Å²) >= 11 is 0. The highest BCUT2D eigenvalue weighted by molar-refractivity contribution is 5.78. The van der Waals surface area contributed by atoms with Gasteiger partial charge in [0.25, 0.3) is 0 Å². The Balaban J connectivity index is 1.89. The van der Waals surface area contributed by atoms with Gasteiger partial charge in [-0.3, -0.25) is 4.79 Å². The second kappa shape index (κ2) is 7.09. The molecule has 0 heterocycles. The summed E-state index contributed by atoms with van der Waals surface area (Å²) in [5.74, 6) is -2.28. The van der Waals surface area contributed by atoms with Gasteiger partial charge in [-0.15, -0.1) is 0 Å². The molecule has 0 aromatic heterocycles. The SMILES string of the molecule is O=C(Cc1cc(F)ccc1F)NCC(O)c1ccc(F)cc1. The molecule has 0 spiro atoms. The molecule has 0 aliphatic rings. The van der Waals surface area contributed by atoms with Crippen LogP contribution in [0.4, 0.5) is 13.2 Å². The molecule has 1 atom stereocenters. The number of carbonyl (C=O) groups excluding carboxylic acids is 1. The lowest BCUT2D eigenvalue weighted by Gasteiger charge is -2.12. The van der Waals surface area contributed by atoms with Crippen LogP contribution in [0.5, 0.6) is 0 Å². The van der Waals surface area contributed by atoms with Gasteiger partial charge in [0.05, 0.1) is 12.5 Å². The van der Waals surface area contributed by atoms with E-state index in [9.17, 15) is 23.1 Å². The van der Waals surface area contributed by atoms with Crippen molar-refractivity contribution >= 4 is 5.91 Å². The maximum absolute atomic E-state index is 13.4. The first-order chi connectivity index (χ1) is 10.5. The van der Waals surface area contributed by atoms with Gasteiger partial charge in [0.1, 0.15) is 17.5 Å². The largest absolute Gasteiger partial charge is 0.387 e. The van der Waals surface area contributed by atoms with Crippen molar-refractivity contribution in [1.82, 2.24) is 5.32 Å². The van der Waals surface area contributed by atoms with Crippen molar-refractivity contribution in [2.45, 2.75) is 12.5 Å². The highest BCUT2D eigenvalue weighted by atomic mass is 19.1. The number of nitrogens with one attached hydrogen (secondary N) is 1. The molecule has 2 N–H and O–H groups in total. The number of benzene rings is 2. The van der Waals surface area contributed by atoms with E-state index in [-0.39, 0.29) is 18.5 Å². The van der Waals surface area contributed by atoms with E-state index < -0.39 is 29.5 Å². The highest BCUT2D eigenvalue weighted by Crippen LogP contribution is 2.13. The molecule has 0 aliphatic carbocycles. The zero-order chi connectivity index (χ0) is 16.1. The lowest BCUT2D eigenvalue weighted by Crippen LogP contribution is -2.30. The molecule has 0 saturated heterocycles. The van der Waals surface area contributed by atoms with Crippen molar-refractivity contribution < 1.29 is 23.1 Å². The van der Waals surface area contributed by atoms with E-state index in [0.29, 0.717) is 5.56 Å². The van der Waals surface area contributed by atoms with Gasteiger partial charge in [-0.1, -0.05) is 12.1 Å². The topological polar surface area (TPSA) is 49.3 Å². The lowest BCUT2D eigenvalue weighted by molar-refractivity contribution is -0.120. The Morgan fingerprint density at radius 1 is 1.05 bits per heavy atom. The van der Waals surface area contributed by atoms with Gasteiger partial charge >= 0.3 is 0 Å². The van der Waals surface area contributed by atoms with Gasteiger partial charge in [0.15, 0.2) is 0 Å². The Bertz CT molecular complexity index is 659. The molecule has 22 heavy (non-hydrogen) atoms. The Labute approximate surface area is 125 Å². The first-order valence-corrected chi connectivity index (χ1v) is 6.60. The second-order valence-electron chi connectivity index (χ2n) is 4.78. The summed E-state index contributed by atoms with van der Waals surface area (Å²) in [5.41, 5.74) is 0.382. The smallest absolute Gasteiger partial charge is 0.224 e. The van der Waals surface area contributed by atoms with Crippen molar-refractivity contribution in [3.8, 4) is 0 Å². The number of hydrogen-bond donors (Lipinski definition) is 2. The Morgan fingerprint density at radius 2 is 1.68 bits per heavy atom. The van der Waals surface area contributed by atoms with Gasteiger partial charge < -0.3 is 10.4 Å². The summed E-state index contributed by atoms with van der Waals surface area (Å²) in [7, 11) is 0. The first-order valence-electron chi connectivity index (χ1n) is 6.60. The third kappa shape index (κ3) is 4.33. The van der Waals surface area contributed by atoms with Gasteiger partial charge in [-0.25, -0.2) is 13.2 Å². The number of halogens is 3. The van der Waals surface area contributed by atoms with Crippen molar-refractivity contribution in [2.75, 3.05) is 6.54 Å². The molecule has 2 aromatic rings. The third-order valence-corrected chi connectivity index (χ3v) is 3.11. The Kier molecular flexibility index (Phi) is 5.16. The molecule has 0 aliphatic heterocycles. The van der Waals surface area contributed by atoms with E-state index in [2.05, 4.69) is 5.32 Å². The molecule has 2 aromatic carbocycles. The maximum atomic E-state index is 13.4. The number of aliphatic hydroxyl groups is 1. The van der Waals surface area contributed by atoms with Crippen LogP contribution in [0.1, 0.15) is 17.2 Å². The van der Waals surface area contributed by atoms with Crippen LogP contribution in [0.2, 0.25) is 0 Å². The monoisotopic (exact) mass is 309 g/mol. The average molecular weight is 309 g/mol. The van der Waals surface area contributed by atoms with Crippen molar-refractivity contribution in [3.05, 3.63) is 71.0 Å². The van der Waals surface area contributed by atoms with Crippen LogP contribution < -0.4 is 5.32 Å². The zero-order valence-electron chi connectivity index (χ0n) is 11.5. The quantitative estimate of drug-likeness (QED) is 0.891. The minimum atomic E-state index is -1.01. The number of aliphatic hydroxyl groups excluding tert-OH is 1. The molecule has 0 radical (unpaired) electrons. The third-order valence-electron chi connectivity index (χ3n) is 3.11. The fraction of sp³-hybridized carbons (Fsp3) is 0.188. The van der Waals surface area contributed by atoms with Gasteiger partial charge in [0.2, 0.25) is 5.91 Å². The molecule has 0 bridgehead atoms. The summed E-state index contributed by atoms with van der Waals surface area (Å²) in [6.45, 7) is -0.110. The normalized spacial score (nSPS) is 12.0. The molecule has 1 amide bonds. The Morgan fingerprint density at radius 3 is 2.36 bits per heavy atom. The van der Waals surface area contributed by atoms with Crippen molar-refractivity contribution in [1.29, 1.82) is 0 Å². The standard InChI is InChI=1S/C16H14F3NO2/c17-12-3-1-10(2-4-12)15(21)9-20-16(22)8-11-7-13(18)5-6-14(11)19/h1-7,15,21H,8-9H2,(H,20,22). The van der Waals surface area contributed by atoms with Crippen molar-refractivity contribution in [2.24, 2.45) is 0 Å². The maximum Gasteiger partial charge on any atom is 0.224 e. The van der Waals surface area contributed by atoms with Crippen LogP contribution in [0.15, 0.2) is 42.5 Å². The van der Waals surface area contributed by atoms with Gasteiger partial charge in [0, 0.05) is 12.1 Å². The van der Waals surface area contributed by atoms with Crippen LogP contribution in [0.25, 0.3) is 0 Å². The van der Waals surface area contributed by atoms with E-state index in [1.165, 1.54) is 24.3 Å². The summed E-state index contributed by atoms with van der Waals surface area (Å²) in [6.07, 6.45) is -1.35. The molecular weight excluding hydrogens is 295 g/mol. The van der Waals surface area contributed by atoms with Crippen LogP contribution in [0.3, 0.4) is 0 Å². The van der Waals surface area contributed by atoms with Crippen molar-refractivity contribution in [3.63, 3.8) is 0 Å². The molecule has 2 rings (SSSR count). The average Bonchev–Trinajstić information content (AvgIpc) is 2.49. The van der Waals surface area contributed by atoms with Crippen LogP contribution in [-0.2, 0) is 11.2 Å². The predicted octanol–water partition coefficient (Wildman–Crippen LogP) is 2.50. The summed E-state index contributed by atoms with van der Waals surface area (Å²) in [6, 6.07) is 8.06. The molecule has 116 valence electrons. The summed E-state index contributed by atoms with van der Waals surface area (Å²) in [4.78, 5) is 11.7. The number of hydrogen-bond acceptors (Lipinski definition) is 2. The molecule has 0 fully saturated rings. The first kappa shape index (κ1) is 16.0. The Hall–Kier alpha value is -2.34. The van der Waals surface area contributed by atoms with Gasteiger partial charge in [-0.05, 0) is 35.9 Å². The van der Waals surface area contributed by atoms with Crippen LogP contribution in [0, 0.1) is 17.5 Å². The van der Waals surface area contributed by atoms with Gasteiger partial charge in [-0.2, -0.15) is 0 Å². The van der Waals surface area contributed by atoms with E-state index in [1.807, 2.05) is 0 Å². The molecule has 1 unspecified atom stereocenters. The number of carbonyl (C=O) groups is 1. The molecule has 3 nitrogen and oxygen atoms in total. The molecular formula is C16H14F3NO2. The minimum Gasteiger partial charge on any atom is -0.387 e. The van der Waals surface area contributed by atoms with Crippen LogP contribution in [-0.4, -0.2) is 17.6 Å². The summed E-state index contributed by atoms with van der Waals surface area (Å²) in [5, 5.41) is 12.3. The van der Waals surface area contributed by atoms with E-state index >= 15 is 0 Å². The second-order valence-corrected chi connectivity index (χ2v) is 4.78. The number of amides is 1. The molecule has 0 saturated carbocycles. The van der Waals surface area contributed by atoms with Crippen LogP contribution >= 0.6 is 0 Å². The van der Waals surface area contributed by atoms with E-state index in [4.69, 9.17) is 0 Å².